The van der Waals surface area contributed by atoms with Crippen LogP contribution in [0.3, 0.4) is 0 Å². The third-order valence-electron chi connectivity index (χ3n) is 3.48. The number of ether oxygens (including phenoxy) is 1. The van der Waals surface area contributed by atoms with Crippen molar-refractivity contribution in [3.63, 3.8) is 0 Å². The number of alkyl halides is 3. The van der Waals surface area contributed by atoms with Crippen LogP contribution in [0.1, 0.15) is 16.7 Å². The van der Waals surface area contributed by atoms with Crippen molar-refractivity contribution < 1.29 is 32.2 Å². The van der Waals surface area contributed by atoms with Crippen LogP contribution in [0.5, 0.6) is 5.75 Å². The molecule has 1 amide bonds. The summed E-state index contributed by atoms with van der Waals surface area (Å²) in [7, 11) is 0. The van der Waals surface area contributed by atoms with Crippen molar-refractivity contribution in [2.45, 2.75) is 12.3 Å². The van der Waals surface area contributed by atoms with E-state index in [2.05, 4.69) is 5.32 Å². The van der Waals surface area contributed by atoms with Gasteiger partial charge in [-0.25, -0.2) is 4.39 Å². The maximum absolute atomic E-state index is 13.5. The Hall–Kier alpha value is -3.63. The summed E-state index contributed by atoms with van der Waals surface area (Å²) in [4.78, 5) is 11.9. The van der Waals surface area contributed by atoms with E-state index in [0.29, 0.717) is 6.07 Å². The number of benzene rings is 2. The number of nitrogens with one attached hydrogen (secondary N) is 1. The molecule has 0 unspecified atom stereocenters. The highest BCUT2D eigenvalue weighted by Crippen LogP contribution is 2.33. The molecule has 144 valence electrons. The van der Waals surface area contributed by atoms with Crippen LogP contribution >= 0.6 is 0 Å². The summed E-state index contributed by atoms with van der Waals surface area (Å²) in [5.41, 5.74) is -2.34. The number of amides is 1. The molecule has 0 bridgehead atoms. The van der Waals surface area contributed by atoms with Crippen LogP contribution < -0.4 is 10.1 Å². The highest BCUT2D eigenvalue weighted by Gasteiger charge is 2.34. The van der Waals surface area contributed by atoms with Gasteiger partial charge in [-0.15, -0.1) is 0 Å². The molecule has 0 saturated heterocycles. The Balaban J connectivity index is 2.04. The third-order valence-corrected chi connectivity index (χ3v) is 3.48. The van der Waals surface area contributed by atoms with Crippen LogP contribution in [0.4, 0.5) is 23.2 Å². The van der Waals surface area contributed by atoms with Gasteiger partial charge in [0.15, 0.2) is 6.10 Å². The number of hydrogen-bond acceptors (Lipinski definition) is 5. The first-order valence-electron chi connectivity index (χ1n) is 7.58. The molecule has 0 heterocycles. The van der Waals surface area contributed by atoms with E-state index in [0.717, 1.165) is 24.3 Å². The molecule has 0 fully saturated rings. The quantitative estimate of drug-likeness (QED) is 0.760. The van der Waals surface area contributed by atoms with Gasteiger partial charge in [-0.2, -0.15) is 23.7 Å². The minimum Gasteiger partial charge on any atom is -0.490 e. The highest BCUT2D eigenvalue weighted by molar-refractivity contribution is 5.94. The molecule has 1 atom stereocenters. The Morgan fingerprint density at radius 1 is 1.14 bits per heavy atom. The molecule has 0 aliphatic carbocycles. The molecule has 2 rings (SSSR count). The van der Waals surface area contributed by atoms with Gasteiger partial charge in [0, 0.05) is 11.8 Å². The van der Waals surface area contributed by atoms with Gasteiger partial charge in [-0.05, 0) is 30.3 Å². The van der Waals surface area contributed by atoms with Crippen molar-refractivity contribution in [2.75, 3.05) is 11.9 Å². The molecule has 0 saturated carbocycles. The molecule has 10 heteroatoms. The van der Waals surface area contributed by atoms with Crippen molar-refractivity contribution in [1.82, 2.24) is 0 Å². The molecule has 0 aliphatic rings. The smallest absolute Gasteiger partial charge is 0.417 e. The van der Waals surface area contributed by atoms with Crippen LogP contribution in [0.2, 0.25) is 0 Å². The molecular weight excluding hydrogens is 382 g/mol. The number of carbonyl (C=O) groups is 1. The molecule has 0 aliphatic heterocycles. The van der Waals surface area contributed by atoms with Gasteiger partial charge in [0.1, 0.15) is 24.2 Å². The van der Waals surface area contributed by atoms with E-state index in [1.165, 1.54) is 12.1 Å². The van der Waals surface area contributed by atoms with Gasteiger partial charge in [0.05, 0.1) is 22.8 Å². The third kappa shape index (κ3) is 4.96. The Labute approximate surface area is 156 Å². The van der Waals surface area contributed by atoms with E-state index in [4.69, 9.17) is 15.3 Å². The fraction of sp³-hybridized carbons (Fsp3) is 0.167. The second-order valence-corrected chi connectivity index (χ2v) is 5.44. The minimum absolute atomic E-state index is 0.0546. The molecule has 0 aromatic heterocycles. The predicted molar refractivity (Wildman–Crippen MR) is 87.4 cm³/mol. The lowest BCUT2D eigenvalue weighted by molar-refractivity contribution is -0.137. The van der Waals surface area contributed by atoms with Crippen LogP contribution in [0.25, 0.3) is 0 Å². The van der Waals surface area contributed by atoms with Gasteiger partial charge in [0.2, 0.25) is 0 Å². The summed E-state index contributed by atoms with van der Waals surface area (Å²) >= 11 is 0. The summed E-state index contributed by atoms with van der Waals surface area (Å²) in [5, 5.41) is 29.2. The number of anilines is 1. The van der Waals surface area contributed by atoms with Crippen molar-refractivity contribution in [2.24, 2.45) is 0 Å². The monoisotopic (exact) mass is 393 g/mol. The van der Waals surface area contributed by atoms with Crippen molar-refractivity contribution in [1.29, 1.82) is 10.5 Å². The number of nitriles is 2. The molecule has 0 radical (unpaired) electrons. The second-order valence-electron chi connectivity index (χ2n) is 5.44. The Morgan fingerprint density at radius 3 is 2.36 bits per heavy atom. The number of carbonyl (C=O) groups excluding carboxylic acids is 1. The average molecular weight is 393 g/mol. The van der Waals surface area contributed by atoms with Gasteiger partial charge in [-0.3, -0.25) is 4.79 Å². The van der Waals surface area contributed by atoms with E-state index >= 15 is 0 Å². The van der Waals surface area contributed by atoms with Crippen molar-refractivity contribution >= 4 is 11.6 Å². The van der Waals surface area contributed by atoms with Gasteiger partial charge >= 0.3 is 6.18 Å². The molecule has 0 spiro atoms. The Kier molecular flexibility index (Phi) is 6.18. The molecule has 2 aromatic rings. The normalized spacial score (nSPS) is 11.8. The number of halogens is 4. The zero-order valence-corrected chi connectivity index (χ0v) is 13.9. The summed E-state index contributed by atoms with van der Waals surface area (Å²) < 4.78 is 57.3. The Bertz CT molecular complexity index is 978. The molecule has 28 heavy (non-hydrogen) atoms. The Morgan fingerprint density at radius 2 is 1.79 bits per heavy atom. The van der Waals surface area contributed by atoms with E-state index in [1.807, 2.05) is 0 Å². The predicted octanol–water partition coefficient (Wildman–Crippen LogP) is 2.97. The van der Waals surface area contributed by atoms with Crippen molar-refractivity contribution in [3.8, 4) is 17.9 Å². The first kappa shape index (κ1) is 20.7. The van der Waals surface area contributed by atoms with E-state index in [-0.39, 0.29) is 17.0 Å². The van der Waals surface area contributed by atoms with E-state index in [1.54, 1.807) is 6.07 Å². The average Bonchev–Trinajstić information content (AvgIpc) is 2.65. The van der Waals surface area contributed by atoms with E-state index < -0.39 is 41.7 Å². The summed E-state index contributed by atoms with van der Waals surface area (Å²) in [6.07, 6.45) is -6.57. The molecule has 6 nitrogen and oxygen atoms in total. The van der Waals surface area contributed by atoms with E-state index in [9.17, 15) is 27.5 Å². The largest absolute Gasteiger partial charge is 0.490 e. The summed E-state index contributed by atoms with van der Waals surface area (Å²) in [5.74, 6) is -1.97. The standard InChI is InChI=1S/C18H11F4N3O3/c19-15-6-13(4-2-11(15)8-24)28-9-16(26)17(27)25-12-3-1-10(7-23)14(5-12)18(20,21)22/h1-6,16,26H,9H2,(H,25,27)/t16-/m1/s1. The summed E-state index contributed by atoms with van der Waals surface area (Å²) in [6.45, 7) is -0.612. The van der Waals surface area contributed by atoms with Gasteiger partial charge in [0.25, 0.3) is 5.91 Å². The van der Waals surface area contributed by atoms with Gasteiger partial charge in [-0.1, -0.05) is 0 Å². The highest BCUT2D eigenvalue weighted by atomic mass is 19.4. The van der Waals surface area contributed by atoms with Crippen LogP contribution in [-0.4, -0.2) is 23.7 Å². The lowest BCUT2D eigenvalue weighted by Crippen LogP contribution is -2.33. The SMILES string of the molecule is N#Cc1ccc(OC[C@@H](O)C(=O)Nc2ccc(C#N)c(C(F)(F)F)c2)cc1F. The number of nitrogens with zero attached hydrogens (tertiary/aromatic N) is 2. The first-order valence-corrected chi connectivity index (χ1v) is 7.58. The topological polar surface area (TPSA) is 106 Å². The van der Waals surface area contributed by atoms with Crippen LogP contribution in [0, 0.1) is 28.5 Å². The fourth-order valence-corrected chi connectivity index (χ4v) is 2.11. The first-order chi connectivity index (χ1) is 13.2. The van der Waals surface area contributed by atoms with Crippen LogP contribution in [0.15, 0.2) is 36.4 Å². The number of rotatable bonds is 5. The van der Waals surface area contributed by atoms with Crippen LogP contribution in [-0.2, 0) is 11.0 Å². The molecule has 2 N–H and O–H groups in total. The number of aliphatic hydroxyl groups excluding tert-OH is 1. The lowest BCUT2D eigenvalue weighted by Gasteiger charge is -2.15. The number of hydrogen-bond donors (Lipinski definition) is 2. The zero-order chi connectivity index (χ0) is 20.9. The molecular formula is C18H11F4N3O3. The maximum Gasteiger partial charge on any atom is 0.417 e. The summed E-state index contributed by atoms with van der Waals surface area (Å²) in [6, 6.07) is 8.84. The fourth-order valence-electron chi connectivity index (χ4n) is 2.11. The maximum atomic E-state index is 13.5. The van der Waals surface area contributed by atoms with Gasteiger partial charge < -0.3 is 15.2 Å². The van der Waals surface area contributed by atoms with Crippen molar-refractivity contribution in [3.05, 3.63) is 58.9 Å². The lowest BCUT2D eigenvalue weighted by atomic mass is 10.1. The minimum atomic E-state index is -4.80. The molecule has 2 aromatic carbocycles. The second kappa shape index (κ2) is 8.37. The zero-order valence-electron chi connectivity index (χ0n) is 13.9. The number of aliphatic hydroxyl groups is 1.